The monoisotopic (exact) mass is 526 g/mol. The summed E-state index contributed by atoms with van der Waals surface area (Å²) in [6.45, 7) is 11.7. The number of carbonyl (C=O) groups is 1. The average Bonchev–Trinajstić information content (AvgIpc) is 3.27. The van der Waals surface area contributed by atoms with E-state index >= 15 is 0 Å². The van der Waals surface area contributed by atoms with Gasteiger partial charge >= 0.3 is 0 Å². The maximum atomic E-state index is 13.5. The molecule has 39 heavy (non-hydrogen) atoms. The summed E-state index contributed by atoms with van der Waals surface area (Å²) < 4.78 is 6.65. The highest BCUT2D eigenvalue weighted by Gasteiger charge is 2.75. The Bertz CT molecular complexity index is 1420. The minimum Gasteiger partial charge on any atom is -0.504 e. The van der Waals surface area contributed by atoms with Gasteiger partial charge in [-0.2, -0.15) is 0 Å². The van der Waals surface area contributed by atoms with Crippen molar-refractivity contribution < 1.29 is 19.7 Å². The van der Waals surface area contributed by atoms with Gasteiger partial charge in [-0.1, -0.05) is 37.5 Å². The molecular formula is C33H38N2O4. The number of likely N-dealkylation sites (tertiary alicyclic amines) is 1. The lowest BCUT2D eigenvalue weighted by molar-refractivity contribution is -0.226. The van der Waals surface area contributed by atoms with Crippen LogP contribution in [0, 0.1) is 31.6 Å². The maximum Gasteiger partial charge on any atom is 0.298 e. The van der Waals surface area contributed by atoms with Gasteiger partial charge in [-0.15, -0.1) is 6.58 Å². The smallest absolute Gasteiger partial charge is 0.298 e. The van der Waals surface area contributed by atoms with Crippen LogP contribution in [0.25, 0.3) is 0 Å². The van der Waals surface area contributed by atoms with Crippen LogP contribution in [-0.4, -0.2) is 69.8 Å². The molecule has 2 aromatic carbocycles. The summed E-state index contributed by atoms with van der Waals surface area (Å²) in [6.07, 6.45) is 4.20. The van der Waals surface area contributed by atoms with E-state index in [1.165, 1.54) is 5.56 Å². The Morgan fingerprint density at radius 2 is 2.08 bits per heavy atom. The molecular weight excluding hydrogens is 488 g/mol. The third kappa shape index (κ3) is 3.46. The van der Waals surface area contributed by atoms with Crippen molar-refractivity contribution in [3.63, 3.8) is 0 Å². The second-order valence-corrected chi connectivity index (χ2v) is 11.9. The van der Waals surface area contributed by atoms with Crippen molar-refractivity contribution >= 4 is 5.91 Å². The van der Waals surface area contributed by atoms with Crippen LogP contribution in [0.4, 0.5) is 0 Å². The normalized spacial score (nSPS) is 31.9. The van der Waals surface area contributed by atoms with Crippen molar-refractivity contribution in [2.24, 2.45) is 5.92 Å². The third-order valence-corrected chi connectivity index (χ3v) is 10.3. The van der Waals surface area contributed by atoms with Gasteiger partial charge in [0.2, 0.25) is 0 Å². The van der Waals surface area contributed by atoms with Gasteiger partial charge in [0.15, 0.2) is 11.5 Å². The van der Waals surface area contributed by atoms with E-state index in [2.05, 4.69) is 37.2 Å². The summed E-state index contributed by atoms with van der Waals surface area (Å²) in [5, 5.41) is 23.8. The Morgan fingerprint density at radius 1 is 1.28 bits per heavy atom. The van der Waals surface area contributed by atoms with Gasteiger partial charge in [-0.05, 0) is 80.5 Å². The van der Waals surface area contributed by atoms with E-state index < -0.39 is 17.1 Å². The van der Waals surface area contributed by atoms with Crippen LogP contribution in [0.3, 0.4) is 0 Å². The van der Waals surface area contributed by atoms with Crippen LogP contribution in [-0.2, 0) is 16.6 Å². The summed E-state index contributed by atoms with van der Waals surface area (Å²) in [5.74, 6) is 6.18. The number of carbonyl (C=O) groups excluding carboxylic acids is 1. The molecule has 2 heterocycles. The first kappa shape index (κ1) is 26.0. The molecule has 1 spiro atoms. The molecule has 2 aliphatic heterocycles. The number of nitrogens with zero attached hydrogens (tertiary/aromatic N) is 2. The van der Waals surface area contributed by atoms with Gasteiger partial charge in [0.05, 0.1) is 17.1 Å². The zero-order valence-corrected chi connectivity index (χ0v) is 23.3. The maximum absolute atomic E-state index is 13.5. The molecule has 4 aliphatic rings. The van der Waals surface area contributed by atoms with Crippen molar-refractivity contribution in [1.82, 2.24) is 9.80 Å². The van der Waals surface area contributed by atoms with Gasteiger partial charge in [-0.25, -0.2) is 0 Å². The number of amides is 1. The minimum atomic E-state index is -1.05. The first-order valence-corrected chi connectivity index (χ1v) is 14.1. The number of aryl methyl sites for hydroxylation is 2. The summed E-state index contributed by atoms with van der Waals surface area (Å²) in [5.41, 5.74) is 3.45. The van der Waals surface area contributed by atoms with Crippen molar-refractivity contribution in [2.75, 3.05) is 20.1 Å². The lowest BCUT2D eigenvalue weighted by atomic mass is 9.45. The largest absolute Gasteiger partial charge is 0.504 e. The number of ether oxygens (including phenoxy) is 1. The molecule has 6 heteroatoms. The number of likely N-dealkylation sites (N-methyl/N-ethyl adjacent to an activating group) is 1. The number of rotatable bonds is 4. The van der Waals surface area contributed by atoms with Crippen molar-refractivity contribution in [2.45, 2.75) is 75.7 Å². The van der Waals surface area contributed by atoms with Crippen LogP contribution in [0.5, 0.6) is 11.5 Å². The van der Waals surface area contributed by atoms with Gasteiger partial charge in [0.25, 0.3) is 5.91 Å². The molecule has 6 rings (SSSR count). The Labute approximate surface area is 231 Å². The molecule has 0 aromatic heterocycles. The first-order chi connectivity index (χ1) is 18.7. The Balaban J connectivity index is 1.43. The lowest BCUT2D eigenvalue weighted by Crippen LogP contribution is -2.80. The fourth-order valence-corrected chi connectivity index (χ4v) is 8.25. The molecule has 1 saturated carbocycles. The molecule has 2 N–H and O–H groups in total. The standard InChI is InChI=1S/C33H38N2O4/c1-6-15-35-16-14-32-29-23-11-12-26(36)30(29)39-31(32)25(19-24(7-2)33(32,38)27(35)18-23)34(5)28(37)13-10-22-9-8-20(3)21(4)17-22/h6,8-9,11-12,17,24-25,27,31,36,38H,1,7,14-16,18-19H2,2-5H3/t24-,25+,27+,31-,32-,33+/m0/s1. The Kier molecular flexibility index (Phi) is 6.09. The topological polar surface area (TPSA) is 73.2 Å². The number of aromatic hydroxyl groups is 1. The summed E-state index contributed by atoms with van der Waals surface area (Å²) in [6, 6.07) is 9.28. The second-order valence-electron chi connectivity index (χ2n) is 11.9. The zero-order valence-electron chi connectivity index (χ0n) is 23.3. The van der Waals surface area contributed by atoms with Gasteiger partial charge < -0.3 is 19.8 Å². The van der Waals surface area contributed by atoms with E-state index in [0.29, 0.717) is 31.6 Å². The quantitative estimate of drug-likeness (QED) is 0.468. The van der Waals surface area contributed by atoms with Gasteiger partial charge in [-0.3, -0.25) is 9.69 Å². The molecule has 6 nitrogen and oxygen atoms in total. The molecule has 1 amide bonds. The third-order valence-electron chi connectivity index (χ3n) is 10.3. The molecule has 204 valence electrons. The fourth-order valence-electron chi connectivity index (χ4n) is 8.25. The molecule has 2 bridgehead atoms. The van der Waals surface area contributed by atoms with E-state index in [-0.39, 0.29) is 29.7 Å². The number of phenols is 1. The van der Waals surface area contributed by atoms with Crippen molar-refractivity contribution in [3.05, 3.63) is 70.8 Å². The highest BCUT2D eigenvalue weighted by Crippen LogP contribution is 2.67. The highest BCUT2D eigenvalue weighted by molar-refractivity contribution is 5.94. The molecule has 2 fully saturated rings. The first-order valence-electron chi connectivity index (χ1n) is 14.1. The number of hydrogen-bond acceptors (Lipinski definition) is 5. The minimum absolute atomic E-state index is 0.0515. The molecule has 0 unspecified atom stereocenters. The molecule has 2 aliphatic carbocycles. The predicted molar refractivity (Wildman–Crippen MR) is 151 cm³/mol. The van der Waals surface area contributed by atoms with E-state index in [4.69, 9.17) is 4.74 Å². The van der Waals surface area contributed by atoms with Crippen molar-refractivity contribution in [1.29, 1.82) is 0 Å². The number of piperidine rings is 1. The van der Waals surface area contributed by atoms with Crippen LogP contribution in [0.2, 0.25) is 0 Å². The summed E-state index contributed by atoms with van der Waals surface area (Å²) >= 11 is 0. The predicted octanol–water partition coefficient (Wildman–Crippen LogP) is 3.86. The Hall–Kier alpha value is -3.27. The van der Waals surface area contributed by atoms with Crippen LogP contribution >= 0.6 is 0 Å². The van der Waals surface area contributed by atoms with E-state index in [9.17, 15) is 15.0 Å². The number of hydrogen-bond donors (Lipinski definition) is 2. The number of phenolic OH excluding ortho intramolecular Hbond substituents is 1. The van der Waals surface area contributed by atoms with Crippen LogP contribution in [0.1, 0.15) is 54.0 Å². The van der Waals surface area contributed by atoms with E-state index in [1.807, 2.05) is 37.3 Å². The Morgan fingerprint density at radius 3 is 2.79 bits per heavy atom. The van der Waals surface area contributed by atoms with Crippen LogP contribution in [0.15, 0.2) is 43.0 Å². The summed E-state index contributed by atoms with van der Waals surface area (Å²) in [4.78, 5) is 17.6. The summed E-state index contributed by atoms with van der Waals surface area (Å²) in [7, 11) is 1.80. The fraction of sp³-hybridized carbons (Fsp3) is 0.485. The van der Waals surface area contributed by atoms with E-state index in [0.717, 1.165) is 35.2 Å². The molecule has 1 saturated heterocycles. The average molecular weight is 527 g/mol. The number of aliphatic hydroxyl groups is 1. The van der Waals surface area contributed by atoms with Gasteiger partial charge in [0.1, 0.15) is 6.10 Å². The molecule has 0 radical (unpaired) electrons. The number of benzene rings is 2. The molecule has 6 atom stereocenters. The van der Waals surface area contributed by atoms with E-state index in [1.54, 1.807) is 18.0 Å². The second kappa shape index (κ2) is 9.15. The van der Waals surface area contributed by atoms with Crippen LogP contribution < -0.4 is 4.74 Å². The van der Waals surface area contributed by atoms with Gasteiger partial charge in [0, 0.05) is 36.7 Å². The highest BCUT2D eigenvalue weighted by atomic mass is 16.5. The van der Waals surface area contributed by atoms with Crippen molar-refractivity contribution in [3.8, 4) is 23.3 Å². The SMILES string of the molecule is C=CCN1CC[C@]23c4c5ccc(O)c4O[C@H]2[C@H](N(C)C(=O)C#Cc2ccc(C)c(C)c2)C[C@H](CC)[C@@]3(O)[C@H]1C5. The zero-order chi connectivity index (χ0) is 27.7. The molecule has 2 aromatic rings. The lowest BCUT2D eigenvalue weighted by Gasteiger charge is -2.67.